The van der Waals surface area contributed by atoms with Crippen LogP contribution < -0.4 is 0 Å². The van der Waals surface area contributed by atoms with Gasteiger partial charge in [-0.05, 0) is 31.0 Å². The number of unbranched alkanes of at least 4 members (excludes halogenated alkanes) is 1. The third-order valence-electron chi connectivity index (χ3n) is 2.88. The molecule has 120 valence electrons. The summed E-state index contributed by atoms with van der Waals surface area (Å²) < 4.78 is 63.9. The van der Waals surface area contributed by atoms with Crippen LogP contribution in [0.5, 0.6) is 0 Å². The molecule has 0 saturated carbocycles. The summed E-state index contributed by atoms with van der Waals surface area (Å²) in [5, 5.41) is 0. The predicted molar refractivity (Wildman–Crippen MR) is 78.6 cm³/mol. The molecule has 0 heterocycles. The maximum absolute atomic E-state index is 12.6. The lowest BCUT2D eigenvalue weighted by atomic mass is 10.2. The maximum Gasteiger partial charge on any atom is 0.402 e. The fraction of sp³-hybridized carbons (Fsp3) is 0.538. The Bertz CT molecular complexity index is 588. The number of nitrogens with zero attached hydrogens (tertiary/aromatic N) is 1. The number of halogens is 4. The molecule has 0 aromatic heterocycles. The minimum Gasteiger partial charge on any atom is -0.207 e. The zero-order valence-corrected chi connectivity index (χ0v) is 14.1. The smallest absolute Gasteiger partial charge is 0.207 e. The lowest BCUT2D eigenvalue weighted by molar-refractivity contribution is -0.136. The zero-order valence-electron chi connectivity index (χ0n) is 11.7. The topological polar surface area (TPSA) is 37.4 Å². The molecule has 1 aromatic rings. The molecule has 0 saturated heterocycles. The highest BCUT2D eigenvalue weighted by atomic mass is 79.9. The van der Waals surface area contributed by atoms with Crippen molar-refractivity contribution in [2.75, 3.05) is 13.1 Å². The van der Waals surface area contributed by atoms with Crippen LogP contribution in [0.3, 0.4) is 0 Å². The van der Waals surface area contributed by atoms with E-state index in [1.54, 1.807) is 26.0 Å². The van der Waals surface area contributed by atoms with Gasteiger partial charge in [-0.25, -0.2) is 8.42 Å². The average molecular weight is 388 g/mol. The Morgan fingerprint density at radius 1 is 1.29 bits per heavy atom. The monoisotopic (exact) mass is 387 g/mol. The van der Waals surface area contributed by atoms with Crippen molar-refractivity contribution in [2.45, 2.75) is 37.8 Å². The third-order valence-corrected chi connectivity index (χ3v) is 5.37. The molecule has 0 aliphatic carbocycles. The summed E-state index contributed by atoms with van der Waals surface area (Å²) in [6.07, 6.45) is -3.58. The van der Waals surface area contributed by atoms with Crippen LogP contribution in [0.1, 0.15) is 25.3 Å². The van der Waals surface area contributed by atoms with Crippen LogP contribution in [-0.2, 0) is 10.0 Å². The molecular formula is C13H17BrF3NO2S. The lowest BCUT2D eigenvalue weighted by Crippen LogP contribution is -2.39. The van der Waals surface area contributed by atoms with E-state index in [4.69, 9.17) is 0 Å². The summed E-state index contributed by atoms with van der Waals surface area (Å²) in [4.78, 5) is -0.0998. The number of aryl methyl sites for hydroxylation is 1. The van der Waals surface area contributed by atoms with Crippen molar-refractivity contribution in [3.63, 3.8) is 0 Å². The van der Waals surface area contributed by atoms with Crippen LogP contribution in [0.4, 0.5) is 13.2 Å². The van der Waals surface area contributed by atoms with Gasteiger partial charge in [0.25, 0.3) is 0 Å². The van der Waals surface area contributed by atoms with Crippen molar-refractivity contribution >= 4 is 26.0 Å². The van der Waals surface area contributed by atoms with Crippen molar-refractivity contribution in [1.82, 2.24) is 4.31 Å². The highest BCUT2D eigenvalue weighted by Gasteiger charge is 2.37. The summed E-state index contributed by atoms with van der Waals surface area (Å²) in [6, 6.07) is 4.54. The number of alkyl halides is 3. The molecule has 3 nitrogen and oxygen atoms in total. The second kappa shape index (κ2) is 7.11. The molecule has 0 aliphatic heterocycles. The van der Waals surface area contributed by atoms with E-state index in [2.05, 4.69) is 15.9 Å². The Kier molecular flexibility index (Phi) is 6.24. The van der Waals surface area contributed by atoms with Crippen LogP contribution in [0.15, 0.2) is 27.6 Å². The highest BCUT2D eigenvalue weighted by molar-refractivity contribution is 9.10. The lowest BCUT2D eigenvalue weighted by Gasteiger charge is -2.24. The van der Waals surface area contributed by atoms with Gasteiger partial charge in [0.05, 0.1) is 4.90 Å². The summed E-state index contributed by atoms with van der Waals surface area (Å²) in [5.41, 5.74) is 0.418. The quantitative estimate of drug-likeness (QED) is 0.736. The van der Waals surface area contributed by atoms with E-state index in [0.717, 1.165) is 0 Å². The standard InChI is InChI=1S/C13H17BrF3NO2S/c1-3-4-7-18(9-13(15,16)17)21(19,20)12-8-11(14)6-5-10(12)2/h5-6,8H,3-4,7,9H2,1-2H3. The molecule has 0 amide bonds. The number of rotatable bonds is 6. The zero-order chi connectivity index (χ0) is 16.3. The molecular weight excluding hydrogens is 371 g/mol. The SMILES string of the molecule is CCCCN(CC(F)(F)F)S(=O)(=O)c1cc(Br)ccc1C. The van der Waals surface area contributed by atoms with Crippen molar-refractivity contribution in [3.05, 3.63) is 28.2 Å². The molecule has 21 heavy (non-hydrogen) atoms. The first-order valence-electron chi connectivity index (χ1n) is 6.41. The molecule has 1 rings (SSSR count). The van der Waals surface area contributed by atoms with Gasteiger partial charge in [-0.3, -0.25) is 0 Å². The molecule has 0 unspecified atom stereocenters. The summed E-state index contributed by atoms with van der Waals surface area (Å²) in [7, 11) is -4.18. The van der Waals surface area contributed by atoms with Crippen molar-refractivity contribution in [3.8, 4) is 0 Å². The molecule has 0 bridgehead atoms. The van der Waals surface area contributed by atoms with Crippen LogP contribution >= 0.6 is 15.9 Å². The van der Waals surface area contributed by atoms with Crippen molar-refractivity contribution in [2.24, 2.45) is 0 Å². The predicted octanol–water partition coefficient (Wildman–Crippen LogP) is 4.11. The van der Waals surface area contributed by atoms with Gasteiger partial charge in [-0.2, -0.15) is 17.5 Å². The largest absolute Gasteiger partial charge is 0.402 e. The van der Waals surface area contributed by atoms with Gasteiger partial charge in [0, 0.05) is 11.0 Å². The summed E-state index contributed by atoms with van der Waals surface area (Å²) in [6.45, 7) is 1.74. The van der Waals surface area contributed by atoms with Gasteiger partial charge in [0.15, 0.2) is 0 Å². The highest BCUT2D eigenvalue weighted by Crippen LogP contribution is 2.27. The molecule has 0 radical (unpaired) electrons. The van der Waals surface area contributed by atoms with E-state index in [0.29, 0.717) is 27.2 Å². The van der Waals surface area contributed by atoms with Crippen molar-refractivity contribution in [1.29, 1.82) is 0 Å². The van der Waals surface area contributed by atoms with E-state index in [-0.39, 0.29) is 11.4 Å². The molecule has 0 atom stereocenters. The Morgan fingerprint density at radius 3 is 2.43 bits per heavy atom. The summed E-state index contributed by atoms with van der Waals surface area (Å²) in [5.74, 6) is 0. The normalized spacial score (nSPS) is 12.9. The minimum atomic E-state index is -4.57. The third kappa shape index (κ3) is 5.27. The first-order chi connectivity index (χ1) is 9.58. The Hall–Kier alpha value is -0.600. The van der Waals surface area contributed by atoms with Crippen LogP contribution in [0.25, 0.3) is 0 Å². The fourth-order valence-corrected chi connectivity index (χ4v) is 4.04. The van der Waals surface area contributed by atoms with Crippen LogP contribution in [0.2, 0.25) is 0 Å². The Labute approximate surface area is 131 Å². The van der Waals surface area contributed by atoms with E-state index in [9.17, 15) is 21.6 Å². The number of sulfonamides is 1. The summed E-state index contributed by atoms with van der Waals surface area (Å²) >= 11 is 3.15. The number of hydrogen-bond donors (Lipinski definition) is 0. The van der Waals surface area contributed by atoms with Gasteiger partial charge in [-0.15, -0.1) is 0 Å². The number of benzene rings is 1. The van der Waals surface area contributed by atoms with Gasteiger partial charge in [0.2, 0.25) is 10.0 Å². The first-order valence-corrected chi connectivity index (χ1v) is 8.64. The Balaban J connectivity index is 3.22. The van der Waals surface area contributed by atoms with Crippen molar-refractivity contribution < 1.29 is 21.6 Å². The molecule has 0 N–H and O–H groups in total. The Morgan fingerprint density at radius 2 is 1.90 bits per heavy atom. The van der Waals surface area contributed by atoms with Gasteiger partial charge < -0.3 is 0 Å². The first kappa shape index (κ1) is 18.4. The van der Waals surface area contributed by atoms with Crippen LogP contribution in [-0.4, -0.2) is 32.0 Å². The molecule has 0 spiro atoms. The molecule has 0 fully saturated rings. The molecule has 0 aliphatic rings. The van der Waals surface area contributed by atoms with Gasteiger partial charge in [-0.1, -0.05) is 35.3 Å². The molecule has 1 aromatic carbocycles. The second-order valence-corrected chi connectivity index (χ2v) is 7.54. The minimum absolute atomic E-state index is 0.0998. The van der Waals surface area contributed by atoms with E-state index in [1.807, 2.05) is 0 Å². The number of hydrogen-bond acceptors (Lipinski definition) is 2. The second-order valence-electron chi connectivity index (χ2n) is 4.72. The molecule has 8 heteroatoms. The maximum atomic E-state index is 12.6. The fourth-order valence-electron chi connectivity index (χ4n) is 1.81. The van der Waals surface area contributed by atoms with Gasteiger partial charge >= 0.3 is 6.18 Å². The average Bonchev–Trinajstić information content (AvgIpc) is 2.35. The van der Waals surface area contributed by atoms with E-state index >= 15 is 0 Å². The van der Waals surface area contributed by atoms with E-state index in [1.165, 1.54) is 6.07 Å². The van der Waals surface area contributed by atoms with E-state index < -0.39 is 22.7 Å². The van der Waals surface area contributed by atoms with Crippen LogP contribution in [0, 0.1) is 6.92 Å². The van der Waals surface area contributed by atoms with Gasteiger partial charge in [0.1, 0.15) is 6.54 Å².